The molecule has 114 valence electrons. The molecule has 0 aliphatic carbocycles. The topological polar surface area (TPSA) is 80.5 Å². The van der Waals surface area contributed by atoms with Gasteiger partial charge in [0.2, 0.25) is 0 Å². The lowest BCUT2D eigenvalue weighted by atomic mass is 10.1. The molecule has 1 fully saturated rings. The number of rotatable bonds is 2. The van der Waals surface area contributed by atoms with Crippen LogP contribution in [0.2, 0.25) is 0 Å². The maximum atomic E-state index is 12.6. The number of nitro groups is 1. The smallest absolute Gasteiger partial charge is 0.269 e. The highest BCUT2D eigenvalue weighted by atomic mass is 32.2. The molecular weight excluding hydrogens is 292 g/mol. The van der Waals surface area contributed by atoms with Crippen LogP contribution in [0.15, 0.2) is 18.2 Å². The van der Waals surface area contributed by atoms with E-state index in [0.29, 0.717) is 30.0 Å². The number of carbonyl (C=O) groups is 1. The van der Waals surface area contributed by atoms with Gasteiger partial charge in [0, 0.05) is 47.3 Å². The highest BCUT2D eigenvalue weighted by molar-refractivity contribution is 7.86. The molecular formula is C14H18N2O4S. The van der Waals surface area contributed by atoms with Crippen molar-refractivity contribution in [2.24, 2.45) is 0 Å². The predicted octanol–water partition coefficient (Wildman–Crippen LogP) is 1.89. The first-order valence-electron chi connectivity index (χ1n) is 6.65. The van der Waals surface area contributed by atoms with Gasteiger partial charge in [-0.3, -0.25) is 19.1 Å². The Labute approximate surface area is 125 Å². The molecule has 0 unspecified atom stereocenters. The van der Waals surface area contributed by atoms with E-state index in [1.807, 2.05) is 13.8 Å². The molecule has 7 heteroatoms. The Morgan fingerprint density at radius 1 is 1.43 bits per heavy atom. The third-order valence-electron chi connectivity index (χ3n) is 3.67. The second-order valence-corrected chi connectivity index (χ2v) is 8.00. The van der Waals surface area contributed by atoms with Crippen LogP contribution in [0.1, 0.15) is 29.8 Å². The number of hydrogen-bond donors (Lipinski definition) is 0. The maximum Gasteiger partial charge on any atom is 0.269 e. The van der Waals surface area contributed by atoms with Crippen molar-refractivity contribution in [1.82, 2.24) is 4.90 Å². The fourth-order valence-electron chi connectivity index (χ4n) is 2.43. The molecule has 1 heterocycles. The first-order valence-corrected chi connectivity index (χ1v) is 7.97. The molecule has 2 rings (SSSR count). The highest BCUT2D eigenvalue weighted by Crippen LogP contribution is 2.24. The van der Waals surface area contributed by atoms with Crippen LogP contribution in [0.3, 0.4) is 0 Å². The summed E-state index contributed by atoms with van der Waals surface area (Å²) in [6, 6.07) is 4.24. The van der Waals surface area contributed by atoms with Crippen LogP contribution >= 0.6 is 0 Å². The molecule has 1 amide bonds. The number of benzene rings is 1. The summed E-state index contributed by atoms with van der Waals surface area (Å²) in [4.78, 5) is 24.5. The standard InChI is InChI=1S/C14H18N2O4S/c1-10-8-11(16(18)19)4-5-12(10)13(17)15-6-7-21(20)14(2,3)9-15/h4-5,8H,6-7,9H2,1-3H3/t21-/m0/s1. The van der Waals surface area contributed by atoms with Gasteiger partial charge >= 0.3 is 0 Å². The van der Waals surface area contributed by atoms with Crippen molar-refractivity contribution < 1.29 is 13.9 Å². The predicted molar refractivity (Wildman–Crippen MR) is 80.8 cm³/mol. The van der Waals surface area contributed by atoms with Gasteiger partial charge in [-0.15, -0.1) is 0 Å². The van der Waals surface area contributed by atoms with E-state index in [2.05, 4.69) is 0 Å². The zero-order valence-electron chi connectivity index (χ0n) is 12.3. The van der Waals surface area contributed by atoms with E-state index in [1.165, 1.54) is 18.2 Å². The number of carbonyl (C=O) groups excluding carboxylic acids is 1. The van der Waals surface area contributed by atoms with Gasteiger partial charge in [0.15, 0.2) is 0 Å². The molecule has 1 saturated heterocycles. The summed E-state index contributed by atoms with van der Waals surface area (Å²) in [6.45, 7) is 6.32. The maximum absolute atomic E-state index is 12.6. The zero-order valence-corrected chi connectivity index (χ0v) is 13.1. The molecule has 1 aliphatic heterocycles. The van der Waals surface area contributed by atoms with Crippen molar-refractivity contribution in [3.05, 3.63) is 39.4 Å². The van der Waals surface area contributed by atoms with E-state index in [-0.39, 0.29) is 11.6 Å². The number of nitrogens with zero attached hydrogens (tertiary/aromatic N) is 2. The van der Waals surface area contributed by atoms with Crippen molar-refractivity contribution in [3.63, 3.8) is 0 Å². The van der Waals surface area contributed by atoms with Crippen molar-refractivity contribution in [3.8, 4) is 0 Å². The monoisotopic (exact) mass is 310 g/mol. The largest absolute Gasteiger partial charge is 0.336 e. The van der Waals surface area contributed by atoms with Crippen molar-refractivity contribution in [2.75, 3.05) is 18.8 Å². The number of nitro benzene ring substituents is 1. The third-order valence-corrected chi connectivity index (χ3v) is 5.59. The minimum Gasteiger partial charge on any atom is -0.336 e. The normalized spacial score (nSPS) is 21.1. The lowest BCUT2D eigenvalue weighted by Gasteiger charge is -2.37. The van der Waals surface area contributed by atoms with Gasteiger partial charge < -0.3 is 4.90 Å². The van der Waals surface area contributed by atoms with Crippen LogP contribution in [0.5, 0.6) is 0 Å². The molecule has 0 spiro atoms. The number of hydrogen-bond acceptors (Lipinski definition) is 4. The fraction of sp³-hybridized carbons (Fsp3) is 0.500. The summed E-state index contributed by atoms with van der Waals surface area (Å²) in [5, 5.41) is 10.7. The van der Waals surface area contributed by atoms with Crippen LogP contribution in [-0.4, -0.2) is 43.5 Å². The van der Waals surface area contributed by atoms with Crippen LogP contribution in [0.25, 0.3) is 0 Å². The first kappa shape index (κ1) is 15.6. The number of aryl methyl sites for hydroxylation is 1. The molecule has 0 bridgehead atoms. The van der Waals surface area contributed by atoms with E-state index in [1.54, 1.807) is 11.8 Å². The quantitative estimate of drug-likeness (QED) is 0.617. The Balaban J connectivity index is 2.25. The average molecular weight is 310 g/mol. The van der Waals surface area contributed by atoms with Crippen molar-refractivity contribution in [1.29, 1.82) is 0 Å². The van der Waals surface area contributed by atoms with Gasteiger partial charge in [-0.25, -0.2) is 0 Å². The van der Waals surface area contributed by atoms with E-state index in [9.17, 15) is 19.1 Å². The summed E-state index contributed by atoms with van der Waals surface area (Å²) < 4.78 is 11.5. The Kier molecular flexibility index (Phi) is 4.13. The van der Waals surface area contributed by atoms with Crippen LogP contribution in [-0.2, 0) is 10.8 Å². The van der Waals surface area contributed by atoms with Gasteiger partial charge in [-0.05, 0) is 32.4 Å². The van der Waals surface area contributed by atoms with Crippen LogP contribution < -0.4 is 0 Å². The molecule has 21 heavy (non-hydrogen) atoms. The molecule has 0 N–H and O–H groups in total. The Morgan fingerprint density at radius 3 is 2.62 bits per heavy atom. The second kappa shape index (κ2) is 5.55. The lowest BCUT2D eigenvalue weighted by Crippen LogP contribution is -2.52. The summed E-state index contributed by atoms with van der Waals surface area (Å²) in [7, 11) is -0.943. The summed E-state index contributed by atoms with van der Waals surface area (Å²) in [5.41, 5.74) is 1.02. The van der Waals surface area contributed by atoms with Gasteiger partial charge in [-0.2, -0.15) is 0 Å². The molecule has 0 saturated carbocycles. The molecule has 0 radical (unpaired) electrons. The summed E-state index contributed by atoms with van der Waals surface area (Å²) in [6.07, 6.45) is 0. The average Bonchev–Trinajstić information content (AvgIpc) is 2.40. The third kappa shape index (κ3) is 3.12. The van der Waals surface area contributed by atoms with Gasteiger partial charge in [0.05, 0.1) is 9.67 Å². The number of non-ortho nitro benzene ring substituents is 1. The van der Waals surface area contributed by atoms with Crippen LogP contribution in [0.4, 0.5) is 5.69 Å². The summed E-state index contributed by atoms with van der Waals surface area (Å²) in [5.74, 6) is 0.303. The minimum absolute atomic E-state index is 0.0240. The van der Waals surface area contributed by atoms with Gasteiger partial charge in [-0.1, -0.05) is 0 Å². The molecule has 1 aromatic rings. The zero-order chi connectivity index (χ0) is 15.8. The molecule has 1 aromatic carbocycles. The molecule has 0 aromatic heterocycles. The van der Waals surface area contributed by atoms with E-state index in [4.69, 9.17) is 0 Å². The van der Waals surface area contributed by atoms with Crippen molar-refractivity contribution >= 4 is 22.4 Å². The minimum atomic E-state index is -0.943. The Morgan fingerprint density at radius 2 is 2.10 bits per heavy atom. The van der Waals surface area contributed by atoms with Gasteiger partial charge in [0.1, 0.15) is 0 Å². The van der Waals surface area contributed by atoms with E-state index >= 15 is 0 Å². The lowest BCUT2D eigenvalue weighted by molar-refractivity contribution is -0.384. The SMILES string of the molecule is Cc1cc([N+](=O)[O-])ccc1C(=O)N1CC[S@](=O)C(C)(C)C1. The van der Waals surface area contributed by atoms with Gasteiger partial charge in [0.25, 0.3) is 11.6 Å². The number of amides is 1. The Hall–Kier alpha value is -1.76. The second-order valence-electron chi connectivity index (χ2n) is 5.79. The van der Waals surface area contributed by atoms with E-state index in [0.717, 1.165) is 0 Å². The molecule has 1 atom stereocenters. The van der Waals surface area contributed by atoms with Crippen molar-refractivity contribution in [2.45, 2.75) is 25.5 Å². The molecule has 1 aliphatic rings. The molecule has 6 nitrogen and oxygen atoms in total. The summed E-state index contributed by atoms with van der Waals surface area (Å²) >= 11 is 0. The fourth-order valence-corrected chi connectivity index (χ4v) is 3.66. The van der Waals surface area contributed by atoms with Crippen LogP contribution in [0, 0.1) is 17.0 Å². The van der Waals surface area contributed by atoms with E-state index < -0.39 is 20.5 Å². The Bertz CT molecular complexity index is 627. The first-order chi connectivity index (χ1) is 9.72. The highest BCUT2D eigenvalue weighted by Gasteiger charge is 2.35.